The van der Waals surface area contributed by atoms with Crippen LogP contribution in [0, 0.1) is 5.82 Å². The Morgan fingerprint density at radius 1 is 1.08 bits per heavy atom. The Morgan fingerprint density at radius 2 is 1.88 bits per heavy atom. The van der Waals surface area contributed by atoms with Crippen LogP contribution < -0.4 is 0 Å². The summed E-state index contributed by atoms with van der Waals surface area (Å²) in [6.07, 6.45) is 3.51. The Labute approximate surface area is 137 Å². The lowest BCUT2D eigenvalue weighted by Crippen LogP contribution is -2.27. The number of amides is 1. The molecule has 120 valence electrons. The third kappa shape index (κ3) is 2.42. The predicted octanol–water partition coefficient (Wildman–Crippen LogP) is 4.00. The first-order valence-corrected chi connectivity index (χ1v) is 7.47. The Hall–Kier alpha value is -3.15. The first-order valence-electron chi connectivity index (χ1n) is 7.47. The van der Waals surface area contributed by atoms with Crippen molar-refractivity contribution in [3.05, 3.63) is 84.0 Å². The van der Waals surface area contributed by atoms with Crippen molar-refractivity contribution in [2.75, 3.05) is 0 Å². The summed E-state index contributed by atoms with van der Waals surface area (Å²) in [5.41, 5.74) is 0.588. The zero-order valence-corrected chi connectivity index (χ0v) is 12.6. The molecule has 0 radical (unpaired) electrons. The van der Waals surface area contributed by atoms with Crippen LogP contribution in [0.1, 0.15) is 34.3 Å². The van der Waals surface area contributed by atoms with Gasteiger partial charge in [-0.25, -0.2) is 9.40 Å². The molecule has 0 bridgehead atoms. The van der Waals surface area contributed by atoms with Gasteiger partial charge in [0.2, 0.25) is 0 Å². The molecule has 1 aromatic carbocycles. The molecule has 0 aliphatic carbocycles. The van der Waals surface area contributed by atoms with Gasteiger partial charge in [0.15, 0.2) is 0 Å². The second kappa shape index (κ2) is 5.81. The molecule has 0 saturated carbocycles. The van der Waals surface area contributed by atoms with Gasteiger partial charge in [-0.2, -0.15) is 5.10 Å². The van der Waals surface area contributed by atoms with Crippen LogP contribution in [0.25, 0.3) is 0 Å². The molecule has 1 amide bonds. The molecule has 1 aliphatic rings. The highest BCUT2D eigenvalue weighted by atomic mass is 19.1. The smallest absolute Gasteiger partial charge is 0.277 e. The van der Waals surface area contributed by atoms with Gasteiger partial charge < -0.3 is 8.83 Å². The van der Waals surface area contributed by atoms with E-state index in [9.17, 15) is 9.18 Å². The molecule has 1 aliphatic heterocycles. The van der Waals surface area contributed by atoms with Crippen molar-refractivity contribution >= 4 is 11.6 Å². The van der Waals surface area contributed by atoms with Crippen LogP contribution in [0.3, 0.4) is 0 Å². The molecule has 0 saturated heterocycles. The number of hydrazone groups is 1. The third-order valence-corrected chi connectivity index (χ3v) is 3.90. The topological polar surface area (TPSA) is 59.0 Å². The number of furan rings is 2. The maximum Gasteiger partial charge on any atom is 0.277 e. The van der Waals surface area contributed by atoms with Gasteiger partial charge in [-0.15, -0.1) is 0 Å². The van der Waals surface area contributed by atoms with E-state index in [4.69, 9.17) is 8.83 Å². The van der Waals surface area contributed by atoms with Crippen LogP contribution in [0.5, 0.6) is 0 Å². The first kappa shape index (κ1) is 14.4. The molecule has 0 N–H and O–H groups in total. The number of carbonyl (C=O) groups excluding carboxylic acids is 1. The van der Waals surface area contributed by atoms with Gasteiger partial charge in [0.05, 0.1) is 18.1 Å². The number of rotatable bonds is 3. The zero-order valence-electron chi connectivity index (χ0n) is 12.6. The monoisotopic (exact) mass is 324 g/mol. The molecule has 0 fully saturated rings. The Morgan fingerprint density at radius 3 is 2.58 bits per heavy atom. The van der Waals surface area contributed by atoms with E-state index in [1.165, 1.54) is 29.5 Å². The number of benzene rings is 1. The lowest BCUT2D eigenvalue weighted by molar-refractivity contribution is 0.0688. The van der Waals surface area contributed by atoms with Crippen LogP contribution in [-0.2, 0) is 0 Å². The average Bonchev–Trinajstić information content (AvgIpc) is 3.33. The Bertz CT molecular complexity index is 885. The van der Waals surface area contributed by atoms with Gasteiger partial charge in [-0.1, -0.05) is 12.1 Å². The molecule has 3 heterocycles. The van der Waals surface area contributed by atoms with E-state index in [0.717, 1.165) is 0 Å². The summed E-state index contributed by atoms with van der Waals surface area (Å²) in [5, 5.41) is 5.62. The maximum absolute atomic E-state index is 14.0. The fourth-order valence-corrected chi connectivity index (χ4v) is 2.75. The predicted molar refractivity (Wildman–Crippen MR) is 83.9 cm³/mol. The van der Waals surface area contributed by atoms with E-state index < -0.39 is 17.8 Å². The molecular weight excluding hydrogens is 311 g/mol. The van der Waals surface area contributed by atoms with Crippen molar-refractivity contribution in [1.82, 2.24) is 5.01 Å². The standard InChI is InChI=1S/C18H13FN2O3/c19-13-6-2-1-5-12(13)18(22)21-15(17-8-4-10-24-17)11-14(20-21)16-7-3-9-23-16/h1-10,15H,11H2/t15-/m1/s1. The average molecular weight is 324 g/mol. The van der Waals surface area contributed by atoms with Crippen molar-refractivity contribution < 1.29 is 18.0 Å². The minimum Gasteiger partial charge on any atom is -0.467 e. The molecule has 6 heteroatoms. The highest BCUT2D eigenvalue weighted by molar-refractivity contribution is 6.03. The van der Waals surface area contributed by atoms with Gasteiger partial charge in [-0.05, 0) is 36.4 Å². The summed E-state index contributed by atoms with van der Waals surface area (Å²) in [6.45, 7) is 0. The van der Waals surface area contributed by atoms with Crippen molar-refractivity contribution in [3.8, 4) is 0 Å². The van der Waals surface area contributed by atoms with E-state index in [1.807, 2.05) is 0 Å². The molecular formula is C18H13FN2O3. The maximum atomic E-state index is 14.0. The molecule has 3 aromatic rings. The van der Waals surface area contributed by atoms with Crippen molar-refractivity contribution in [2.45, 2.75) is 12.5 Å². The SMILES string of the molecule is O=C(c1ccccc1F)N1N=C(c2ccco2)C[C@@H]1c1ccco1. The van der Waals surface area contributed by atoms with Crippen molar-refractivity contribution in [1.29, 1.82) is 0 Å². The van der Waals surface area contributed by atoms with Gasteiger partial charge in [-0.3, -0.25) is 4.79 Å². The Balaban J connectivity index is 1.74. The van der Waals surface area contributed by atoms with Crippen LogP contribution in [0.15, 0.2) is 75.0 Å². The highest BCUT2D eigenvalue weighted by Crippen LogP contribution is 2.34. The molecule has 1 atom stereocenters. The molecule has 2 aromatic heterocycles. The summed E-state index contributed by atoms with van der Waals surface area (Å²) < 4.78 is 24.8. The van der Waals surface area contributed by atoms with E-state index in [2.05, 4.69) is 5.10 Å². The van der Waals surface area contributed by atoms with Crippen LogP contribution >= 0.6 is 0 Å². The summed E-state index contributed by atoms with van der Waals surface area (Å²) in [7, 11) is 0. The highest BCUT2D eigenvalue weighted by Gasteiger charge is 2.36. The summed E-state index contributed by atoms with van der Waals surface area (Å²) in [4.78, 5) is 12.8. The van der Waals surface area contributed by atoms with Crippen molar-refractivity contribution in [2.24, 2.45) is 5.10 Å². The fourth-order valence-electron chi connectivity index (χ4n) is 2.75. The van der Waals surface area contributed by atoms with Crippen LogP contribution in [0.2, 0.25) is 0 Å². The van der Waals surface area contributed by atoms with Gasteiger partial charge in [0, 0.05) is 6.42 Å². The van der Waals surface area contributed by atoms with Gasteiger partial charge in [0.25, 0.3) is 5.91 Å². The second-order valence-electron chi connectivity index (χ2n) is 5.39. The van der Waals surface area contributed by atoms with E-state index in [1.54, 1.807) is 36.6 Å². The summed E-state index contributed by atoms with van der Waals surface area (Å²) >= 11 is 0. The van der Waals surface area contributed by atoms with Crippen LogP contribution in [0.4, 0.5) is 4.39 Å². The first-order chi connectivity index (χ1) is 11.7. The third-order valence-electron chi connectivity index (χ3n) is 3.90. The van der Waals surface area contributed by atoms with Gasteiger partial charge >= 0.3 is 0 Å². The van der Waals surface area contributed by atoms with Gasteiger partial charge in [0.1, 0.15) is 29.1 Å². The second-order valence-corrected chi connectivity index (χ2v) is 5.39. The Kier molecular flexibility index (Phi) is 3.49. The van der Waals surface area contributed by atoms with Crippen molar-refractivity contribution in [3.63, 3.8) is 0 Å². The minimum absolute atomic E-state index is 0.0292. The number of halogens is 1. The fraction of sp³-hybridized carbons (Fsp3) is 0.111. The zero-order chi connectivity index (χ0) is 16.5. The minimum atomic E-state index is -0.581. The molecule has 5 nitrogen and oxygen atoms in total. The number of hydrogen-bond acceptors (Lipinski definition) is 4. The molecule has 0 spiro atoms. The summed E-state index contributed by atoms with van der Waals surface area (Å²) in [5.74, 6) is 0.0683. The largest absolute Gasteiger partial charge is 0.467 e. The number of hydrogen-bond donors (Lipinski definition) is 0. The molecule has 24 heavy (non-hydrogen) atoms. The molecule has 0 unspecified atom stereocenters. The lowest BCUT2D eigenvalue weighted by atomic mass is 10.1. The van der Waals surface area contributed by atoms with Crippen LogP contribution in [-0.4, -0.2) is 16.6 Å². The van der Waals surface area contributed by atoms with E-state index >= 15 is 0 Å². The van der Waals surface area contributed by atoms with E-state index in [-0.39, 0.29) is 5.56 Å². The normalized spacial score (nSPS) is 17.1. The quantitative estimate of drug-likeness (QED) is 0.731. The molecule has 4 rings (SSSR count). The number of carbonyl (C=O) groups is 1. The summed E-state index contributed by atoms with van der Waals surface area (Å²) in [6, 6.07) is 12.4. The van der Waals surface area contributed by atoms with E-state index in [0.29, 0.717) is 23.7 Å². The number of nitrogens with zero attached hydrogens (tertiary/aromatic N) is 2. The lowest BCUT2D eigenvalue weighted by Gasteiger charge is -2.20.